The number of nitriles is 1. The first-order valence-corrected chi connectivity index (χ1v) is 9.88. The van der Waals surface area contributed by atoms with Gasteiger partial charge in [0, 0.05) is 25.2 Å². The van der Waals surface area contributed by atoms with Crippen LogP contribution in [0, 0.1) is 17.2 Å². The number of benzene rings is 1. The van der Waals surface area contributed by atoms with Gasteiger partial charge in [0.1, 0.15) is 11.8 Å². The lowest BCUT2D eigenvalue weighted by Gasteiger charge is -2.34. The molecule has 1 fully saturated rings. The van der Waals surface area contributed by atoms with Gasteiger partial charge in [0.2, 0.25) is 11.8 Å². The second-order valence-corrected chi connectivity index (χ2v) is 7.23. The number of nitrogens with zero attached hydrogens (tertiary/aromatic N) is 2. The van der Waals surface area contributed by atoms with E-state index >= 15 is 0 Å². The molecular weight excluding hydrogens is 433 g/mol. The van der Waals surface area contributed by atoms with Crippen LogP contribution < -0.4 is 15.4 Å². The summed E-state index contributed by atoms with van der Waals surface area (Å²) in [5.74, 6) is -2.06. The van der Waals surface area contributed by atoms with Gasteiger partial charge in [-0.05, 0) is 31.4 Å². The molecule has 9 nitrogen and oxygen atoms in total. The number of carbonyl (C=O) groups excluding carboxylic acids is 2. The van der Waals surface area contributed by atoms with Gasteiger partial charge >= 0.3 is 12.5 Å². The minimum Gasteiger partial charge on any atom is -0.465 e. The summed E-state index contributed by atoms with van der Waals surface area (Å²) < 4.78 is 42.0. The standard InChI is InChI=1S/C20H23F3N4O5/c1-2-15(26-19(30)31)18(29)27-7-3-4-14(11-27)17(28)25-10-13-6-5-12(9-24)8-16(13)32-20(21,22)23/h5-6,8,14-15,26H,2-4,7,10-11H2,1H3,(H,25,28)(H,30,31)/t14-,15-/m1/s1. The van der Waals surface area contributed by atoms with E-state index in [2.05, 4.69) is 15.4 Å². The van der Waals surface area contributed by atoms with Crippen molar-refractivity contribution in [3.63, 3.8) is 0 Å². The third kappa shape index (κ3) is 7.04. The molecule has 0 radical (unpaired) electrons. The maximum absolute atomic E-state index is 12.7. The highest BCUT2D eigenvalue weighted by Crippen LogP contribution is 2.28. The fourth-order valence-electron chi connectivity index (χ4n) is 3.42. The number of amides is 3. The Morgan fingerprint density at radius 2 is 2.09 bits per heavy atom. The molecule has 1 saturated heterocycles. The Bertz CT molecular complexity index is 900. The summed E-state index contributed by atoms with van der Waals surface area (Å²) in [6, 6.07) is 4.32. The second-order valence-electron chi connectivity index (χ2n) is 7.23. The van der Waals surface area contributed by atoms with Crippen molar-refractivity contribution < 1.29 is 37.4 Å². The number of carboxylic acid groups (broad SMARTS) is 1. The van der Waals surface area contributed by atoms with Crippen LogP contribution >= 0.6 is 0 Å². The van der Waals surface area contributed by atoms with Crippen LogP contribution in [0.4, 0.5) is 18.0 Å². The van der Waals surface area contributed by atoms with E-state index in [0.717, 1.165) is 6.07 Å². The summed E-state index contributed by atoms with van der Waals surface area (Å²) in [6.45, 7) is 1.84. The number of nitrogens with one attached hydrogen (secondary N) is 2. The topological polar surface area (TPSA) is 132 Å². The summed E-state index contributed by atoms with van der Waals surface area (Å²) in [5, 5.41) is 22.4. The van der Waals surface area contributed by atoms with Gasteiger partial charge in [0.05, 0.1) is 17.6 Å². The van der Waals surface area contributed by atoms with Gasteiger partial charge in [-0.1, -0.05) is 13.0 Å². The van der Waals surface area contributed by atoms with Crippen molar-refractivity contribution in [1.82, 2.24) is 15.5 Å². The Morgan fingerprint density at radius 3 is 2.69 bits per heavy atom. The first-order chi connectivity index (χ1) is 15.0. The van der Waals surface area contributed by atoms with Gasteiger partial charge in [-0.3, -0.25) is 9.59 Å². The summed E-state index contributed by atoms with van der Waals surface area (Å²) in [5.41, 5.74) is 0.0105. The molecule has 1 aliphatic heterocycles. The van der Waals surface area contributed by atoms with Crippen molar-refractivity contribution in [2.24, 2.45) is 5.92 Å². The Morgan fingerprint density at radius 1 is 1.38 bits per heavy atom. The molecule has 3 N–H and O–H groups in total. The van der Waals surface area contributed by atoms with E-state index in [1.807, 2.05) is 0 Å². The quantitative estimate of drug-likeness (QED) is 0.577. The third-order valence-corrected chi connectivity index (χ3v) is 4.98. The molecule has 2 rings (SSSR count). The number of ether oxygens (including phenoxy) is 1. The molecule has 1 aliphatic rings. The van der Waals surface area contributed by atoms with Gasteiger partial charge in [-0.25, -0.2) is 4.79 Å². The van der Waals surface area contributed by atoms with E-state index in [9.17, 15) is 27.6 Å². The van der Waals surface area contributed by atoms with Gasteiger partial charge < -0.3 is 25.4 Å². The molecular formula is C20H23F3N4O5. The highest BCUT2D eigenvalue weighted by atomic mass is 19.4. The lowest BCUT2D eigenvalue weighted by molar-refractivity contribution is -0.274. The van der Waals surface area contributed by atoms with Gasteiger partial charge in [-0.2, -0.15) is 5.26 Å². The Hall–Kier alpha value is -3.49. The van der Waals surface area contributed by atoms with Crippen molar-refractivity contribution in [3.05, 3.63) is 29.3 Å². The van der Waals surface area contributed by atoms with Crippen LogP contribution in [0.1, 0.15) is 37.3 Å². The molecule has 0 aromatic heterocycles. The predicted octanol–water partition coefficient (Wildman–Crippen LogP) is 2.36. The fourth-order valence-corrected chi connectivity index (χ4v) is 3.42. The summed E-state index contributed by atoms with van der Waals surface area (Å²) in [6.07, 6.45) is -5.04. The van der Waals surface area contributed by atoms with E-state index in [1.54, 1.807) is 13.0 Å². The lowest BCUT2D eigenvalue weighted by atomic mass is 9.96. The third-order valence-electron chi connectivity index (χ3n) is 4.98. The second kappa shape index (κ2) is 10.7. The van der Waals surface area contributed by atoms with Crippen molar-refractivity contribution in [2.75, 3.05) is 13.1 Å². The van der Waals surface area contributed by atoms with Gasteiger partial charge in [0.15, 0.2) is 0 Å². The zero-order valence-corrected chi connectivity index (χ0v) is 17.2. The highest BCUT2D eigenvalue weighted by Gasteiger charge is 2.33. The first-order valence-electron chi connectivity index (χ1n) is 9.88. The monoisotopic (exact) mass is 456 g/mol. The maximum atomic E-state index is 12.7. The molecule has 0 aliphatic carbocycles. The first kappa shape index (κ1) is 24.8. The van der Waals surface area contributed by atoms with Crippen LogP contribution in [-0.4, -0.2) is 53.4 Å². The molecule has 1 aromatic rings. The zero-order valence-electron chi connectivity index (χ0n) is 17.2. The molecule has 2 atom stereocenters. The summed E-state index contributed by atoms with van der Waals surface area (Å²) >= 11 is 0. The van der Waals surface area contributed by atoms with Crippen LogP contribution in [0.15, 0.2) is 18.2 Å². The molecule has 0 spiro atoms. The van der Waals surface area contributed by atoms with Crippen molar-refractivity contribution in [3.8, 4) is 11.8 Å². The highest BCUT2D eigenvalue weighted by molar-refractivity contribution is 5.86. The van der Waals surface area contributed by atoms with E-state index in [0.29, 0.717) is 19.4 Å². The molecule has 1 heterocycles. The zero-order chi connectivity index (χ0) is 23.9. The fraction of sp³-hybridized carbons (Fsp3) is 0.500. The van der Waals surface area contributed by atoms with Gasteiger partial charge in [-0.15, -0.1) is 13.2 Å². The predicted molar refractivity (Wildman–Crippen MR) is 104 cm³/mol. The smallest absolute Gasteiger partial charge is 0.465 e. The van der Waals surface area contributed by atoms with Gasteiger partial charge in [0.25, 0.3) is 0 Å². The largest absolute Gasteiger partial charge is 0.573 e. The summed E-state index contributed by atoms with van der Waals surface area (Å²) in [4.78, 5) is 37.4. The molecule has 0 unspecified atom stereocenters. The molecule has 3 amide bonds. The average Bonchev–Trinajstić information content (AvgIpc) is 2.74. The van der Waals surface area contributed by atoms with Crippen LogP contribution in [0.25, 0.3) is 0 Å². The van der Waals surface area contributed by atoms with Crippen molar-refractivity contribution >= 4 is 17.9 Å². The van der Waals surface area contributed by atoms with Crippen LogP contribution in [0.5, 0.6) is 5.75 Å². The van der Waals surface area contributed by atoms with E-state index in [4.69, 9.17) is 10.4 Å². The Labute approximate surface area is 182 Å². The molecule has 12 heteroatoms. The number of halogens is 3. The number of likely N-dealkylation sites (tertiary alicyclic amines) is 1. The number of alkyl halides is 3. The normalized spacial score (nSPS) is 17.1. The minimum atomic E-state index is -4.96. The van der Waals surface area contributed by atoms with Crippen LogP contribution in [-0.2, 0) is 16.1 Å². The van der Waals surface area contributed by atoms with Crippen molar-refractivity contribution in [1.29, 1.82) is 5.26 Å². The van der Waals surface area contributed by atoms with Crippen LogP contribution in [0.3, 0.4) is 0 Å². The van der Waals surface area contributed by atoms with E-state index < -0.39 is 42.0 Å². The Balaban J connectivity index is 2.03. The van der Waals surface area contributed by atoms with Crippen molar-refractivity contribution in [2.45, 2.75) is 45.1 Å². The number of hydrogen-bond donors (Lipinski definition) is 3. The molecule has 0 bridgehead atoms. The maximum Gasteiger partial charge on any atom is 0.573 e. The summed E-state index contributed by atoms with van der Waals surface area (Å²) in [7, 11) is 0. The SMILES string of the molecule is CC[C@@H](NC(=O)O)C(=O)N1CCC[C@@H](C(=O)NCc2ccc(C#N)cc2OC(F)(F)F)C1. The van der Waals surface area contributed by atoms with Crippen LogP contribution in [0.2, 0.25) is 0 Å². The minimum absolute atomic E-state index is 0.0267. The lowest BCUT2D eigenvalue weighted by Crippen LogP contribution is -2.52. The molecule has 1 aromatic carbocycles. The molecule has 32 heavy (non-hydrogen) atoms. The number of piperidine rings is 1. The van der Waals surface area contributed by atoms with E-state index in [-0.39, 0.29) is 30.6 Å². The molecule has 0 saturated carbocycles. The number of rotatable bonds is 7. The molecule has 174 valence electrons. The Kier molecular flexibility index (Phi) is 8.28. The van der Waals surface area contributed by atoms with E-state index in [1.165, 1.54) is 17.0 Å². The number of carbonyl (C=O) groups is 3. The average molecular weight is 456 g/mol. The number of hydrogen-bond acceptors (Lipinski definition) is 5.